The second-order valence-electron chi connectivity index (χ2n) is 3.71. The quantitative estimate of drug-likeness (QED) is 0.668. The maximum Gasteiger partial charge on any atom is 0.272 e. The molecule has 1 aromatic heterocycles. The van der Waals surface area contributed by atoms with Crippen LogP contribution >= 0.6 is 0 Å². The summed E-state index contributed by atoms with van der Waals surface area (Å²) in [6.45, 7) is 3.75. The Hall–Kier alpha value is -1.49. The van der Waals surface area contributed by atoms with Crippen molar-refractivity contribution in [3.8, 4) is 0 Å². The summed E-state index contributed by atoms with van der Waals surface area (Å²) < 4.78 is 18.3. The Balaban J connectivity index is 2.16. The van der Waals surface area contributed by atoms with Crippen molar-refractivity contribution in [2.45, 2.75) is 6.92 Å². The van der Waals surface area contributed by atoms with Crippen LogP contribution < -0.4 is 0 Å². The van der Waals surface area contributed by atoms with Crippen LogP contribution in [0.15, 0.2) is 12.1 Å². The number of amides is 1. The molecule has 0 saturated carbocycles. The fourth-order valence-corrected chi connectivity index (χ4v) is 1.55. The second kappa shape index (κ2) is 4.57. The summed E-state index contributed by atoms with van der Waals surface area (Å²) in [5, 5.41) is 0. The van der Waals surface area contributed by atoms with E-state index in [9.17, 15) is 9.18 Å². The standard InChI is InChI=1S/C11H13FN2O2/c1-8-2-3-9(13-10(8)12)11(15)14-4-6-16-7-5-14/h2-3H,4-7H2,1H3. The third-order valence-electron chi connectivity index (χ3n) is 2.55. The Labute approximate surface area is 93.0 Å². The van der Waals surface area contributed by atoms with Crippen LogP contribution in [0.1, 0.15) is 16.1 Å². The highest BCUT2D eigenvalue weighted by Crippen LogP contribution is 2.08. The van der Waals surface area contributed by atoms with Crippen molar-refractivity contribution in [3.05, 3.63) is 29.3 Å². The molecular formula is C11H13FN2O2. The normalized spacial score (nSPS) is 16.2. The molecule has 0 spiro atoms. The van der Waals surface area contributed by atoms with Crippen molar-refractivity contribution in [1.29, 1.82) is 0 Å². The molecule has 2 rings (SSSR count). The van der Waals surface area contributed by atoms with Gasteiger partial charge in [-0.1, -0.05) is 6.07 Å². The van der Waals surface area contributed by atoms with Crippen LogP contribution in [0.25, 0.3) is 0 Å². The molecule has 0 radical (unpaired) electrons. The molecule has 86 valence electrons. The van der Waals surface area contributed by atoms with Crippen molar-refractivity contribution in [2.75, 3.05) is 26.3 Å². The number of aryl methyl sites for hydroxylation is 1. The molecule has 1 fully saturated rings. The summed E-state index contributed by atoms with van der Waals surface area (Å²) in [6.07, 6.45) is 0. The van der Waals surface area contributed by atoms with Gasteiger partial charge in [0.2, 0.25) is 5.95 Å². The zero-order valence-electron chi connectivity index (χ0n) is 9.07. The fourth-order valence-electron chi connectivity index (χ4n) is 1.55. The number of morpholine rings is 1. The first kappa shape index (κ1) is 11.0. The average Bonchev–Trinajstić information content (AvgIpc) is 2.33. The third kappa shape index (κ3) is 2.19. The number of ether oxygens (including phenoxy) is 1. The topological polar surface area (TPSA) is 42.4 Å². The Morgan fingerprint density at radius 3 is 2.75 bits per heavy atom. The van der Waals surface area contributed by atoms with Gasteiger partial charge in [0, 0.05) is 18.7 Å². The van der Waals surface area contributed by atoms with Gasteiger partial charge < -0.3 is 9.64 Å². The summed E-state index contributed by atoms with van der Waals surface area (Å²) in [6, 6.07) is 3.12. The highest BCUT2D eigenvalue weighted by atomic mass is 19.1. The molecule has 5 heteroatoms. The molecule has 0 N–H and O–H groups in total. The highest BCUT2D eigenvalue weighted by molar-refractivity contribution is 5.92. The Morgan fingerprint density at radius 2 is 2.12 bits per heavy atom. The van der Waals surface area contributed by atoms with E-state index in [1.54, 1.807) is 24.0 Å². The summed E-state index contributed by atoms with van der Waals surface area (Å²) in [5.41, 5.74) is 0.600. The lowest BCUT2D eigenvalue weighted by Crippen LogP contribution is -2.41. The molecule has 0 unspecified atom stereocenters. The predicted octanol–water partition coefficient (Wildman–Crippen LogP) is 1.00. The highest BCUT2D eigenvalue weighted by Gasteiger charge is 2.20. The summed E-state index contributed by atoms with van der Waals surface area (Å²) in [5.74, 6) is -0.818. The first-order chi connectivity index (χ1) is 7.68. The number of hydrogen-bond donors (Lipinski definition) is 0. The summed E-state index contributed by atoms with van der Waals surface area (Å²) >= 11 is 0. The van der Waals surface area contributed by atoms with E-state index in [1.807, 2.05) is 0 Å². The van der Waals surface area contributed by atoms with Crippen molar-refractivity contribution in [1.82, 2.24) is 9.88 Å². The maximum atomic E-state index is 13.2. The van der Waals surface area contributed by atoms with Crippen LogP contribution in [-0.2, 0) is 4.74 Å². The molecule has 1 aliphatic heterocycles. The maximum absolute atomic E-state index is 13.2. The average molecular weight is 224 g/mol. The molecular weight excluding hydrogens is 211 g/mol. The van der Waals surface area contributed by atoms with E-state index in [0.717, 1.165) is 0 Å². The second-order valence-corrected chi connectivity index (χ2v) is 3.71. The lowest BCUT2D eigenvalue weighted by Gasteiger charge is -2.26. The number of rotatable bonds is 1. The van der Waals surface area contributed by atoms with Crippen molar-refractivity contribution < 1.29 is 13.9 Å². The number of pyridine rings is 1. The fraction of sp³-hybridized carbons (Fsp3) is 0.455. The number of carbonyl (C=O) groups excluding carboxylic acids is 1. The number of hydrogen-bond acceptors (Lipinski definition) is 3. The third-order valence-corrected chi connectivity index (χ3v) is 2.55. The molecule has 0 aliphatic carbocycles. The van der Waals surface area contributed by atoms with Gasteiger partial charge in [0.1, 0.15) is 5.69 Å². The van der Waals surface area contributed by atoms with E-state index in [2.05, 4.69) is 4.98 Å². The van der Waals surface area contributed by atoms with E-state index in [0.29, 0.717) is 31.9 Å². The van der Waals surface area contributed by atoms with Gasteiger partial charge in [-0.15, -0.1) is 0 Å². The zero-order chi connectivity index (χ0) is 11.5. The molecule has 1 aliphatic rings. The lowest BCUT2D eigenvalue weighted by molar-refractivity contribution is 0.0298. The molecule has 0 atom stereocenters. The van der Waals surface area contributed by atoms with E-state index >= 15 is 0 Å². The van der Waals surface area contributed by atoms with Gasteiger partial charge >= 0.3 is 0 Å². The van der Waals surface area contributed by atoms with E-state index in [1.165, 1.54) is 0 Å². The molecule has 4 nitrogen and oxygen atoms in total. The minimum atomic E-state index is -0.584. The van der Waals surface area contributed by atoms with Crippen LogP contribution in [0.5, 0.6) is 0 Å². The molecule has 2 heterocycles. The van der Waals surface area contributed by atoms with Gasteiger partial charge in [-0.2, -0.15) is 4.39 Å². The molecule has 1 saturated heterocycles. The number of aromatic nitrogens is 1. The Kier molecular flexibility index (Phi) is 3.14. The largest absolute Gasteiger partial charge is 0.378 e. The first-order valence-electron chi connectivity index (χ1n) is 5.18. The Bertz CT molecular complexity index is 403. The Morgan fingerprint density at radius 1 is 1.44 bits per heavy atom. The summed E-state index contributed by atoms with van der Waals surface area (Å²) in [7, 11) is 0. The van der Waals surface area contributed by atoms with Gasteiger partial charge in [-0.25, -0.2) is 4.98 Å². The SMILES string of the molecule is Cc1ccc(C(=O)N2CCOCC2)nc1F. The van der Waals surface area contributed by atoms with Gasteiger partial charge in [0.15, 0.2) is 0 Å². The smallest absolute Gasteiger partial charge is 0.272 e. The van der Waals surface area contributed by atoms with Crippen LogP contribution in [0.4, 0.5) is 4.39 Å². The van der Waals surface area contributed by atoms with Gasteiger partial charge in [-0.3, -0.25) is 4.79 Å². The molecule has 1 aromatic rings. The van der Waals surface area contributed by atoms with E-state index < -0.39 is 5.95 Å². The van der Waals surface area contributed by atoms with Gasteiger partial charge in [0.05, 0.1) is 13.2 Å². The van der Waals surface area contributed by atoms with Crippen molar-refractivity contribution in [3.63, 3.8) is 0 Å². The minimum Gasteiger partial charge on any atom is -0.378 e. The lowest BCUT2D eigenvalue weighted by atomic mass is 10.2. The van der Waals surface area contributed by atoms with E-state index in [4.69, 9.17) is 4.74 Å². The number of halogens is 1. The van der Waals surface area contributed by atoms with Gasteiger partial charge in [-0.05, 0) is 13.0 Å². The van der Waals surface area contributed by atoms with Crippen LogP contribution in [-0.4, -0.2) is 42.1 Å². The summed E-state index contributed by atoms with van der Waals surface area (Å²) in [4.78, 5) is 17.2. The van der Waals surface area contributed by atoms with Gasteiger partial charge in [0.25, 0.3) is 5.91 Å². The monoisotopic (exact) mass is 224 g/mol. The van der Waals surface area contributed by atoms with E-state index in [-0.39, 0.29) is 11.6 Å². The predicted molar refractivity (Wildman–Crippen MR) is 55.7 cm³/mol. The first-order valence-corrected chi connectivity index (χ1v) is 5.18. The van der Waals surface area contributed by atoms with Crippen LogP contribution in [0.2, 0.25) is 0 Å². The molecule has 0 aromatic carbocycles. The number of nitrogens with zero attached hydrogens (tertiary/aromatic N) is 2. The minimum absolute atomic E-state index is 0.157. The molecule has 0 bridgehead atoms. The van der Waals surface area contributed by atoms with Crippen molar-refractivity contribution in [2.24, 2.45) is 0 Å². The molecule has 1 amide bonds. The van der Waals surface area contributed by atoms with Crippen molar-refractivity contribution >= 4 is 5.91 Å². The number of carbonyl (C=O) groups is 1. The zero-order valence-corrected chi connectivity index (χ0v) is 9.07. The van der Waals surface area contributed by atoms with Crippen LogP contribution in [0, 0.1) is 12.9 Å². The molecule has 16 heavy (non-hydrogen) atoms. The van der Waals surface area contributed by atoms with Crippen LogP contribution in [0.3, 0.4) is 0 Å².